The van der Waals surface area contributed by atoms with Crippen LogP contribution in [0.2, 0.25) is 0 Å². The predicted molar refractivity (Wildman–Crippen MR) is 82.4 cm³/mol. The van der Waals surface area contributed by atoms with Crippen LogP contribution in [-0.2, 0) is 11.8 Å². The molecule has 2 rings (SSSR count). The van der Waals surface area contributed by atoms with Gasteiger partial charge in [0.2, 0.25) is 0 Å². The summed E-state index contributed by atoms with van der Waals surface area (Å²) in [6.45, 7) is 6.06. The molecule has 1 heterocycles. The number of methoxy groups -OCH3 is 1. The van der Waals surface area contributed by atoms with Crippen molar-refractivity contribution in [2.75, 3.05) is 13.7 Å². The molecule has 0 atom stereocenters. The summed E-state index contributed by atoms with van der Waals surface area (Å²) in [5.41, 5.74) is 1.88. The molecule has 0 fully saturated rings. The van der Waals surface area contributed by atoms with Gasteiger partial charge in [-0.3, -0.25) is 9.89 Å². The fourth-order valence-electron chi connectivity index (χ4n) is 2.37. The zero-order valence-electron chi connectivity index (χ0n) is 12.9. The number of hydrogen-bond donors (Lipinski definition) is 2. The van der Waals surface area contributed by atoms with Gasteiger partial charge >= 0.3 is 0 Å². The number of hydrogen-bond acceptors (Lipinski definition) is 3. The van der Waals surface area contributed by atoms with Crippen molar-refractivity contribution in [1.29, 1.82) is 0 Å². The Morgan fingerprint density at radius 3 is 2.62 bits per heavy atom. The lowest BCUT2D eigenvalue weighted by Crippen LogP contribution is -2.19. The van der Waals surface area contributed by atoms with Crippen LogP contribution >= 0.6 is 0 Å². The zero-order valence-corrected chi connectivity index (χ0v) is 12.9. The number of nitrogens with one attached hydrogen (secondary N) is 1. The predicted octanol–water partition coefficient (Wildman–Crippen LogP) is 2.01. The fraction of sp³-hybridized carbons (Fsp3) is 0.438. The maximum absolute atomic E-state index is 12.6. The molecule has 0 saturated heterocycles. The van der Waals surface area contributed by atoms with Gasteiger partial charge in [-0.2, -0.15) is 0 Å². The first kappa shape index (κ1) is 15.4. The van der Waals surface area contributed by atoms with Gasteiger partial charge in [-0.15, -0.1) is 0 Å². The van der Waals surface area contributed by atoms with Gasteiger partial charge in [0, 0.05) is 35.8 Å². The van der Waals surface area contributed by atoms with E-state index in [1.807, 2.05) is 39.0 Å². The van der Waals surface area contributed by atoms with Crippen molar-refractivity contribution in [3.8, 4) is 11.4 Å². The van der Waals surface area contributed by atoms with E-state index in [2.05, 4.69) is 5.10 Å². The number of aromatic amines is 1. The summed E-state index contributed by atoms with van der Waals surface area (Å²) in [4.78, 5) is 12.6. The molecule has 2 N–H and O–H groups in total. The summed E-state index contributed by atoms with van der Waals surface area (Å²) in [5.74, 6) is 0.690. The second-order valence-electron chi connectivity index (χ2n) is 6.03. The number of aliphatic hydroxyl groups excluding tert-OH is 1. The molecule has 5 heteroatoms. The molecule has 0 amide bonds. The minimum Gasteiger partial charge on any atom is -0.497 e. The van der Waals surface area contributed by atoms with Crippen molar-refractivity contribution in [1.82, 2.24) is 9.78 Å². The molecule has 0 saturated carbocycles. The Kier molecular flexibility index (Phi) is 4.23. The van der Waals surface area contributed by atoms with Gasteiger partial charge in [-0.25, -0.2) is 4.68 Å². The number of benzene rings is 1. The van der Waals surface area contributed by atoms with E-state index in [1.54, 1.807) is 13.2 Å². The lowest BCUT2D eigenvalue weighted by atomic mass is 9.89. The van der Waals surface area contributed by atoms with Crippen LogP contribution in [0.25, 0.3) is 5.69 Å². The highest BCUT2D eigenvalue weighted by atomic mass is 16.5. The smallest absolute Gasteiger partial charge is 0.274 e. The third-order valence-corrected chi connectivity index (χ3v) is 3.41. The molecule has 1 aromatic carbocycles. The quantitative estimate of drug-likeness (QED) is 0.905. The molecule has 2 aromatic rings. The molecule has 0 unspecified atom stereocenters. The molecule has 1 aromatic heterocycles. The molecule has 0 aliphatic carbocycles. The Labute approximate surface area is 124 Å². The second kappa shape index (κ2) is 5.77. The maximum Gasteiger partial charge on any atom is 0.274 e. The number of aromatic nitrogens is 2. The van der Waals surface area contributed by atoms with Gasteiger partial charge < -0.3 is 9.84 Å². The summed E-state index contributed by atoms with van der Waals surface area (Å²) >= 11 is 0. The molecule has 0 aliphatic rings. The van der Waals surface area contributed by atoms with Crippen molar-refractivity contribution in [3.63, 3.8) is 0 Å². The number of aliphatic hydroxyl groups is 1. The van der Waals surface area contributed by atoms with Crippen LogP contribution in [0.4, 0.5) is 0 Å². The summed E-state index contributed by atoms with van der Waals surface area (Å²) in [5, 5.41) is 12.4. The largest absolute Gasteiger partial charge is 0.497 e. The van der Waals surface area contributed by atoms with E-state index in [0.29, 0.717) is 23.4 Å². The maximum atomic E-state index is 12.6. The van der Waals surface area contributed by atoms with E-state index in [1.165, 1.54) is 4.68 Å². The average Bonchev–Trinajstić information content (AvgIpc) is 2.77. The van der Waals surface area contributed by atoms with Crippen LogP contribution in [-0.4, -0.2) is 28.6 Å². The Morgan fingerprint density at radius 2 is 2.05 bits per heavy atom. The number of nitrogens with zero attached hydrogens (tertiary/aromatic N) is 1. The summed E-state index contributed by atoms with van der Waals surface area (Å²) in [6, 6.07) is 7.31. The van der Waals surface area contributed by atoms with Crippen LogP contribution in [0.3, 0.4) is 0 Å². The molecule has 0 aliphatic heterocycles. The Morgan fingerprint density at radius 1 is 1.33 bits per heavy atom. The van der Waals surface area contributed by atoms with Gasteiger partial charge in [-0.05, 0) is 12.1 Å². The van der Waals surface area contributed by atoms with Crippen LogP contribution in [0.15, 0.2) is 29.1 Å². The van der Waals surface area contributed by atoms with Crippen molar-refractivity contribution in [2.45, 2.75) is 32.6 Å². The van der Waals surface area contributed by atoms with E-state index >= 15 is 0 Å². The van der Waals surface area contributed by atoms with Gasteiger partial charge in [0.25, 0.3) is 5.56 Å². The normalized spacial score (nSPS) is 11.7. The molecule has 114 valence electrons. The van der Waals surface area contributed by atoms with Crippen molar-refractivity contribution in [2.24, 2.45) is 0 Å². The van der Waals surface area contributed by atoms with Crippen LogP contribution < -0.4 is 10.3 Å². The molecular weight excluding hydrogens is 268 g/mol. The molecule has 21 heavy (non-hydrogen) atoms. The first-order valence-corrected chi connectivity index (χ1v) is 6.98. The van der Waals surface area contributed by atoms with Crippen LogP contribution in [0, 0.1) is 0 Å². The van der Waals surface area contributed by atoms with Crippen LogP contribution in [0.5, 0.6) is 5.75 Å². The highest BCUT2D eigenvalue weighted by molar-refractivity contribution is 5.40. The molecular formula is C16H22N2O3. The SMILES string of the molecule is COc1cccc(-n2[nH]c(C(C)(C)C)c(CCO)c2=O)c1. The minimum atomic E-state index is -0.201. The van der Waals surface area contributed by atoms with Crippen LogP contribution in [0.1, 0.15) is 32.0 Å². The van der Waals surface area contributed by atoms with Gasteiger partial charge in [0.15, 0.2) is 0 Å². The second-order valence-corrected chi connectivity index (χ2v) is 6.03. The Bertz CT molecular complexity index is 678. The average molecular weight is 290 g/mol. The Balaban J connectivity index is 2.62. The first-order chi connectivity index (χ1) is 9.88. The van der Waals surface area contributed by atoms with E-state index < -0.39 is 0 Å². The summed E-state index contributed by atoms with van der Waals surface area (Å²) < 4.78 is 6.71. The molecule has 5 nitrogen and oxygen atoms in total. The summed E-state index contributed by atoms with van der Waals surface area (Å²) in [7, 11) is 1.59. The van der Waals surface area contributed by atoms with E-state index in [4.69, 9.17) is 4.74 Å². The highest BCUT2D eigenvalue weighted by Crippen LogP contribution is 2.24. The zero-order chi connectivity index (χ0) is 15.6. The van der Waals surface area contributed by atoms with E-state index in [9.17, 15) is 9.90 Å². The molecule has 0 radical (unpaired) electrons. The standard InChI is InChI=1S/C16H22N2O3/c1-16(2,3)14-13(8-9-19)15(20)18(17-14)11-6-5-7-12(10-11)21-4/h5-7,10,17,19H,8-9H2,1-4H3. The number of ether oxygens (including phenoxy) is 1. The third-order valence-electron chi connectivity index (χ3n) is 3.41. The van der Waals surface area contributed by atoms with E-state index in [0.717, 1.165) is 5.69 Å². The summed E-state index contributed by atoms with van der Waals surface area (Å²) in [6.07, 6.45) is 0.346. The van der Waals surface area contributed by atoms with Gasteiger partial charge in [0.1, 0.15) is 5.75 Å². The third kappa shape index (κ3) is 3.03. The number of rotatable bonds is 4. The fourth-order valence-corrected chi connectivity index (χ4v) is 2.37. The van der Waals surface area contributed by atoms with Gasteiger partial charge in [-0.1, -0.05) is 26.8 Å². The lowest BCUT2D eigenvalue weighted by Gasteiger charge is -2.18. The molecule has 0 bridgehead atoms. The Hall–Kier alpha value is -2.01. The van der Waals surface area contributed by atoms with E-state index in [-0.39, 0.29) is 17.6 Å². The molecule has 0 spiro atoms. The number of H-pyrrole nitrogens is 1. The minimum absolute atomic E-state index is 0.0473. The topological polar surface area (TPSA) is 67.2 Å². The highest BCUT2D eigenvalue weighted by Gasteiger charge is 2.24. The lowest BCUT2D eigenvalue weighted by molar-refractivity contribution is 0.298. The van der Waals surface area contributed by atoms with Crippen molar-refractivity contribution < 1.29 is 9.84 Å². The van der Waals surface area contributed by atoms with Crippen molar-refractivity contribution >= 4 is 0 Å². The van der Waals surface area contributed by atoms with Crippen molar-refractivity contribution in [3.05, 3.63) is 45.9 Å². The first-order valence-electron chi connectivity index (χ1n) is 6.98. The monoisotopic (exact) mass is 290 g/mol. The van der Waals surface area contributed by atoms with Gasteiger partial charge in [0.05, 0.1) is 12.8 Å².